The Kier molecular flexibility index (Phi) is 3.44. The third-order valence-electron chi connectivity index (χ3n) is 3.65. The zero-order valence-corrected chi connectivity index (χ0v) is 11.8. The summed E-state index contributed by atoms with van der Waals surface area (Å²) in [7, 11) is 0. The molecule has 0 atom stereocenters. The number of nitrogens with one attached hydrogen (secondary N) is 1. The fourth-order valence-corrected chi connectivity index (χ4v) is 2.56. The zero-order valence-electron chi connectivity index (χ0n) is 11.8. The minimum Gasteiger partial charge on any atom is -0.308 e. The van der Waals surface area contributed by atoms with Gasteiger partial charge in [-0.05, 0) is 37.1 Å². The zero-order chi connectivity index (χ0) is 14.8. The number of amides is 2. The maximum atomic E-state index is 12.4. The molecule has 0 radical (unpaired) electrons. The van der Waals surface area contributed by atoms with Crippen LogP contribution in [0.4, 0.5) is 16.2 Å². The van der Waals surface area contributed by atoms with Crippen molar-refractivity contribution in [2.75, 3.05) is 16.8 Å². The number of benzene rings is 2. The van der Waals surface area contributed by atoms with Crippen LogP contribution in [0.2, 0.25) is 0 Å². The fraction of sp³-hybridized carbons (Fsp3) is 0.176. The summed E-state index contributed by atoms with van der Waals surface area (Å²) >= 11 is 0. The Bertz CT molecular complexity index is 709. The monoisotopic (exact) mass is 280 g/mol. The highest BCUT2D eigenvalue weighted by molar-refractivity contribution is 6.04. The second-order valence-corrected chi connectivity index (χ2v) is 5.10. The lowest BCUT2D eigenvalue weighted by Gasteiger charge is -2.18. The van der Waals surface area contributed by atoms with Crippen molar-refractivity contribution in [3.8, 4) is 0 Å². The van der Waals surface area contributed by atoms with Gasteiger partial charge in [-0.25, -0.2) is 4.79 Å². The quantitative estimate of drug-likeness (QED) is 0.856. The van der Waals surface area contributed by atoms with Gasteiger partial charge in [-0.15, -0.1) is 0 Å². The molecule has 2 aromatic rings. The van der Waals surface area contributed by atoms with Gasteiger partial charge in [-0.3, -0.25) is 9.69 Å². The van der Waals surface area contributed by atoms with E-state index in [9.17, 15) is 9.59 Å². The summed E-state index contributed by atoms with van der Waals surface area (Å²) < 4.78 is 0. The highest BCUT2D eigenvalue weighted by Gasteiger charge is 2.24. The predicted molar refractivity (Wildman–Crippen MR) is 83.0 cm³/mol. The first-order chi connectivity index (χ1) is 10.1. The van der Waals surface area contributed by atoms with Crippen LogP contribution < -0.4 is 10.2 Å². The number of ketones is 1. The Hall–Kier alpha value is -2.62. The largest absolute Gasteiger partial charge is 0.326 e. The van der Waals surface area contributed by atoms with Crippen molar-refractivity contribution in [3.63, 3.8) is 0 Å². The molecule has 0 saturated carbocycles. The number of rotatable bonds is 2. The van der Waals surface area contributed by atoms with Crippen molar-refractivity contribution < 1.29 is 9.59 Å². The molecule has 4 nitrogen and oxygen atoms in total. The molecule has 1 N–H and O–H groups in total. The summed E-state index contributed by atoms with van der Waals surface area (Å²) in [4.78, 5) is 25.5. The van der Waals surface area contributed by atoms with E-state index in [1.807, 2.05) is 24.3 Å². The number of carbonyl (C=O) groups is 2. The van der Waals surface area contributed by atoms with Crippen LogP contribution in [0.1, 0.15) is 22.8 Å². The molecule has 1 aliphatic heterocycles. The first-order valence-corrected chi connectivity index (χ1v) is 6.92. The van der Waals surface area contributed by atoms with Crippen LogP contribution >= 0.6 is 0 Å². The van der Waals surface area contributed by atoms with Gasteiger partial charge < -0.3 is 5.32 Å². The van der Waals surface area contributed by atoms with E-state index in [-0.39, 0.29) is 11.8 Å². The minimum atomic E-state index is -0.166. The standard InChI is InChI=1S/C17H16N2O2/c1-12(20)14-6-4-7-15(11-14)18-17(21)19-10-9-13-5-2-3-8-16(13)19/h2-8,11H,9-10H2,1H3,(H,18,21). The maximum absolute atomic E-state index is 12.4. The van der Waals surface area contributed by atoms with Crippen LogP contribution in [0.25, 0.3) is 0 Å². The summed E-state index contributed by atoms with van der Waals surface area (Å²) in [5, 5.41) is 2.85. The number of Topliss-reactive ketones (excluding diaryl/α,β-unsaturated/α-hetero) is 1. The van der Waals surface area contributed by atoms with Crippen LogP contribution in [-0.2, 0) is 6.42 Å². The molecule has 1 aliphatic rings. The lowest BCUT2D eigenvalue weighted by Crippen LogP contribution is -2.33. The van der Waals surface area contributed by atoms with Gasteiger partial charge in [0.1, 0.15) is 0 Å². The third kappa shape index (κ3) is 2.65. The molecular formula is C17H16N2O2. The van der Waals surface area contributed by atoms with Crippen LogP contribution in [-0.4, -0.2) is 18.4 Å². The Morgan fingerprint density at radius 2 is 1.90 bits per heavy atom. The molecule has 0 spiro atoms. The first-order valence-electron chi connectivity index (χ1n) is 6.92. The SMILES string of the molecule is CC(=O)c1cccc(NC(=O)N2CCc3ccccc32)c1. The highest BCUT2D eigenvalue weighted by Crippen LogP contribution is 2.28. The summed E-state index contributed by atoms with van der Waals surface area (Å²) in [6.45, 7) is 2.19. The second kappa shape index (κ2) is 5.40. The molecular weight excluding hydrogens is 264 g/mol. The summed E-state index contributed by atoms with van der Waals surface area (Å²) in [5.41, 5.74) is 3.37. The van der Waals surface area contributed by atoms with Gasteiger partial charge in [0.15, 0.2) is 5.78 Å². The Morgan fingerprint density at radius 1 is 1.10 bits per heavy atom. The molecule has 0 unspecified atom stereocenters. The van der Waals surface area contributed by atoms with E-state index in [1.54, 1.807) is 29.2 Å². The molecule has 106 valence electrons. The maximum Gasteiger partial charge on any atom is 0.326 e. The van der Waals surface area contributed by atoms with Crippen LogP contribution in [0.3, 0.4) is 0 Å². The van der Waals surface area contributed by atoms with E-state index in [0.29, 0.717) is 17.8 Å². The molecule has 1 heterocycles. The number of nitrogens with zero attached hydrogens (tertiary/aromatic N) is 1. The predicted octanol–water partition coefficient (Wildman–Crippen LogP) is 3.48. The molecule has 0 bridgehead atoms. The molecule has 0 aliphatic carbocycles. The van der Waals surface area contributed by atoms with E-state index in [2.05, 4.69) is 5.32 Å². The highest BCUT2D eigenvalue weighted by atomic mass is 16.2. The van der Waals surface area contributed by atoms with Gasteiger partial charge >= 0.3 is 6.03 Å². The average molecular weight is 280 g/mol. The fourth-order valence-electron chi connectivity index (χ4n) is 2.56. The molecule has 0 fully saturated rings. The average Bonchev–Trinajstić information content (AvgIpc) is 2.91. The number of urea groups is 1. The number of hydrogen-bond donors (Lipinski definition) is 1. The Labute approximate surface area is 123 Å². The van der Waals surface area contributed by atoms with Crippen molar-refractivity contribution in [2.24, 2.45) is 0 Å². The minimum absolute atomic E-state index is 0.0161. The summed E-state index contributed by atoms with van der Waals surface area (Å²) in [6.07, 6.45) is 0.872. The van der Waals surface area contributed by atoms with Gasteiger partial charge in [0.25, 0.3) is 0 Å². The molecule has 0 aromatic heterocycles. The van der Waals surface area contributed by atoms with E-state index in [0.717, 1.165) is 12.1 Å². The first kappa shape index (κ1) is 13.4. The van der Waals surface area contributed by atoms with E-state index in [4.69, 9.17) is 0 Å². The number of anilines is 2. The van der Waals surface area contributed by atoms with Crippen molar-refractivity contribution in [1.82, 2.24) is 0 Å². The van der Waals surface area contributed by atoms with Crippen molar-refractivity contribution in [1.29, 1.82) is 0 Å². The smallest absolute Gasteiger partial charge is 0.308 e. The van der Waals surface area contributed by atoms with Gasteiger partial charge in [0, 0.05) is 23.5 Å². The van der Waals surface area contributed by atoms with E-state index >= 15 is 0 Å². The van der Waals surface area contributed by atoms with E-state index in [1.165, 1.54) is 12.5 Å². The van der Waals surface area contributed by atoms with E-state index < -0.39 is 0 Å². The van der Waals surface area contributed by atoms with Crippen molar-refractivity contribution >= 4 is 23.2 Å². The van der Waals surface area contributed by atoms with Gasteiger partial charge in [-0.2, -0.15) is 0 Å². The Balaban J connectivity index is 1.79. The lowest BCUT2D eigenvalue weighted by molar-refractivity contribution is 0.101. The molecule has 4 heteroatoms. The van der Waals surface area contributed by atoms with Gasteiger partial charge in [0.05, 0.1) is 0 Å². The third-order valence-corrected chi connectivity index (χ3v) is 3.65. The molecule has 3 rings (SSSR count). The molecule has 2 aromatic carbocycles. The second-order valence-electron chi connectivity index (χ2n) is 5.10. The lowest BCUT2D eigenvalue weighted by atomic mass is 10.1. The Morgan fingerprint density at radius 3 is 2.71 bits per heavy atom. The number of carbonyl (C=O) groups excluding carboxylic acids is 2. The van der Waals surface area contributed by atoms with Crippen LogP contribution in [0, 0.1) is 0 Å². The number of para-hydroxylation sites is 1. The summed E-state index contributed by atoms with van der Waals surface area (Å²) in [6, 6.07) is 14.7. The number of hydrogen-bond acceptors (Lipinski definition) is 2. The molecule has 21 heavy (non-hydrogen) atoms. The van der Waals surface area contributed by atoms with Crippen molar-refractivity contribution in [2.45, 2.75) is 13.3 Å². The normalized spacial score (nSPS) is 12.9. The van der Waals surface area contributed by atoms with Gasteiger partial charge in [-0.1, -0.05) is 30.3 Å². The molecule has 0 saturated heterocycles. The topological polar surface area (TPSA) is 49.4 Å². The molecule has 2 amide bonds. The van der Waals surface area contributed by atoms with Crippen LogP contribution in [0.5, 0.6) is 0 Å². The number of fused-ring (bicyclic) bond motifs is 1. The van der Waals surface area contributed by atoms with Crippen molar-refractivity contribution in [3.05, 3.63) is 59.7 Å². The summed E-state index contributed by atoms with van der Waals surface area (Å²) in [5.74, 6) is -0.0161. The van der Waals surface area contributed by atoms with Gasteiger partial charge in [0.2, 0.25) is 0 Å². The van der Waals surface area contributed by atoms with Crippen LogP contribution in [0.15, 0.2) is 48.5 Å².